The predicted molar refractivity (Wildman–Crippen MR) is 134 cm³/mol. The number of nitro groups is 1. The molecule has 1 aromatic carbocycles. The maximum absolute atomic E-state index is 12.3. The number of hydrogen-bond donors (Lipinski definition) is 1. The number of aliphatic hydroxyl groups excluding tert-OH is 1. The molecule has 3 heterocycles. The van der Waals surface area contributed by atoms with Crippen molar-refractivity contribution in [2.45, 2.75) is 45.4 Å². The van der Waals surface area contributed by atoms with E-state index in [9.17, 15) is 20.0 Å². The Morgan fingerprint density at radius 3 is 2.65 bits per heavy atom. The van der Waals surface area contributed by atoms with Gasteiger partial charge in [0, 0.05) is 38.8 Å². The number of hydrogen-bond acceptors (Lipinski definition) is 10. The third-order valence-corrected chi connectivity index (χ3v) is 5.90. The number of carbonyl (C=O) groups excluding carboxylic acids is 1. The third-order valence-electron chi connectivity index (χ3n) is 5.60. The smallest absolute Gasteiger partial charge is 0.410 e. The van der Waals surface area contributed by atoms with Crippen molar-refractivity contribution in [3.8, 4) is 5.75 Å². The molecule has 2 aromatic heterocycles. The number of halogens is 1. The number of benzene rings is 1. The molecule has 1 unspecified atom stereocenters. The SMILES string of the molecule is CC(C)(C)OC(=O)N1CCN(c2nc3cc(OCC(O)CCn4cc([N+](=O)[O-])nc4Cl)ccc3o2)CC1. The van der Waals surface area contributed by atoms with E-state index in [2.05, 4.69) is 9.97 Å². The summed E-state index contributed by atoms with van der Waals surface area (Å²) in [6.07, 6.45) is 0.327. The van der Waals surface area contributed by atoms with Crippen LogP contribution in [0, 0.1) is 10.1 Å². The number of aryl methyl sites for hydroxylation is 1. The molecule has 1 atom stereocenters. The molecule has 3 aromatic rings. The monoisotopic (exact) mass is 536 g/mol. The van der Waals surface area contributed by atoms with E-state index in [4.69, 9.17) is 25.5 Å². The average Bonchev–Trinajstić information content (AvgIpc) is 3.43. The Kier molecular flexibility index (Phi) is 7.73. The van der Waals surface area contributed by atoms with Crippen molar-refractivity contribution in [3.63, 3.8) is 0 Å². The van der Waals surface area contributed by atoms with Crippen LogP contribution >= 0.6 is 11.6 Å². The van der Waals surface area contributed by atoms with Gasteiger partial charge in [-0.3, -0.25) is 4.57 Å². The summed E-state index contributed by atoms with van der Waals surface area (Å²) in [4.78, 5) is 34.3. The Hall–Kier alpha value is -3.58. The largest absolute Gasteiger partial charge is 0.491 e. The highest BCUT2D eigenvalue weighted by Gasteiger charge is 2.27. The summed E-state index contributed by atoms with van der Waals surface area (Å²) in [5, 5.41) is 21.1. The number of amides is 1. The van der Waals surface area contributed by atoms with Crippen molar-refractivity contribution in [1.82, 2.24) is 19.4 Å². The van der Waals surface area contributed by atoms with Crippen LogP contribution in [0.2, 0.25) is 5.28 Å². The van der Waals surface area contributed by atoms with Gasteiger partial charge >= 0.3 is 17.2 Å². The quantitative estimate of drug-likeness (QED) is 0.335. The number of aromatic nitrogens is 3. The number of ether oxygens (including phenoxy) is 2. The molecule has 13 nitrogen and oxygen atoms in total. The van der Waals surface area contributed by atoms with Gasteiger partial charge in [0.15, 0.2) is 5.58 Å². The van der Waals surface area contributed by atoms with Crippen molar-refractivity contribution < 1.29 is 28.7 Å². The Morgan fingerprint density at radius 2 is 2.00 bits per heavy atom. The summed E-state index contributed by atoms with van der Waals surface area (Å²) < 4.78 is 18.4. The molecule has 1 aliphatic heterocycles. The molecule has 1 fully saturated rings. The van der Waals surface area contributed by atoms with E-state index < -0.39 is 16.6 Å². The summed E-state index contributed by atoms with van der Waals surface area (Å²) >= 11 is 5.90. The third kappa shape index (κ3) is 6.80. The average molecular weight is 537 g/mol. The van der Waals surface area contributed by atoms with Gasteiger partial charge in [0.05, 0.1) is 6.10 Å². The Bertz CT molecular complexity index is 1260. The van der Waals surface area contributed by atoms with Crippen molar-refractivity contribution in [2.24, 2.45) is 0 Å². The summed E-state index contributed by atoms with van der Waals surface area (Å²) in [6.45, 7) is 7.89. The van der Waals surface area contributed by atoms with Gasteiger partial charge in [0.1, 0.15) is 29.7 Å². The molecule has 14 heteroatoms. The van der Waals surface area contributed by atoms with Gasteiger partial charge in [-0.05, 0) is 60.8 Å². The van der Waals surface area contributed by atoms with E-state index in [-0.39, 0.29) is 36.8 Å². The second kappa shape index (κ2) is 10.8. The van der Waals surface area contributed by atoms with Crippen molar-refractivity contribution in [2.75, 3.05) is 37.7 Å². The number of anilines is 1. The number of carbonyl (C=O) groups is 1. The lowest BCUT2D eigenvalue weighted by Gasteiger charge is -2.34. The van der Waals surface area contributed by atoms with Crippen LogP contribution in [-0.2, 0) is 11.3 Å². The van der Waals surface area contributed by atoms with E-state index >= 15 is 0 Å². The molecule has 0 radical (unpaired) electrons. The topological polar surface area (TPSA) is 149 Å². The summed E-state index contributed by atoms with van der Waals surface area (Å²) in [7, 11) is 0. The molecule has 1 aliphatic rings. The van der Waals surface area contributed by atoms with Crippen LogP contribution in [0.1, 0.15) is 27.2 Å². The first-order valence-electron chi connectivity index (χ1n) is 11.8. The normalized spacial score (nSPS) is 15.2. The molecule has 4 rings (SSSR count). The first kappa shape index (κ1) is 26.5. The predicted octanol–water partition coefficient (Wildman–Crippen LogP) is 3.47. The lowest BCUT2D eigenvalue weighted by atomic mass is 10.2. The molecular formula is C23H29ClN6O7. The maximum Gasteiger partial charge on any atom is 0.410 e. The van der Waals surface area contributed by atoms with E-state index in [0.717, 1.165) is 0 Å². The molecule has 0 saturated carbocycles. The Labute approximate surface area is 217 Å². The molecular weight excluding hydrogens is 508 g/mol. The van der Waals surface area contributed by atoms with Gasteiger partial charge in [-0.25, -0.2) is 4.79 Å². The van der Waals surface area contributed by atoms with Gasteiger partial charge in [-0.1, -0.05) is 0 Å². The molecule has 200 valence electrons. The number of imidazole rings is 1. The Morgan fingerprint density at radius 1 is 1.27 bits per heavy atom. The number of piperazine rings is 1. The first-order chi connectivity index (χ1) is 17.5. The number of rotatable bonds is 8. The van der Waals surface area contributed by atoms with Crippen LogP contribution in [0.25, 0.3) is 11.1 Å². The van der Waals surface area contributed by atoms with Gasteiger partial charge in [0.25, 0.3) is 6.01 Å². The molecule has 1 N–H and O–H groups in total. The van der Waals surface area contributed by atoms with Crippen LogP contribution in [0.15, 0.2) is 28.8 Å². The molecule has 37 heavy (non-hydrogen) atoms. The van der Waals surface area contributed by atoms with Crippen LogP contribution in [0.5, 0.6) is 5.75 Å². The van der Waals surface area contributed by atoms with E-state index in [0.29, 0.717) is 49.0 Å². The zero-order valence-electron chi connectivity index (χ0n) is 20.8. The van der Waals surface area contributed by atoms with Crippen LogP contribution in [0.4, 0.5) is 16.6 Å². The highest BCUT2D eigenvalue weighted by atomic mass is 35.5. The number of oxazole rings is 1. The zero-order valence-corrected chi connectivity index (χ0v) is 21.6. The fourth-order valence-corrected chi connectivity index (χ4v) is 3.94. The van der Waals surface area contributed by atoms with Crippen LogP contribution < -0.4 is 9.64 Å². The summed E-state index contributed by atoms with van der Waals surface area (Å²) in [5.74, 6) is 0.165. The zero-order chi connectivity index (χ0) is 26.7. The lowest BCUT2D eigenvalue weighted by Crippen LogP contribution is -2.50. The molecule has 0 aliphatic carbocycles. The fourth-order valence-electron chi connectivity index (χ4n) is 3.72. The van der Waals surface area contributed by atoms with E-state index in [1.165, 1.54) is 10.8 Å². The van der Waals surface area contributed by atoms with Crippen molar-refractivity contribution in [1.29, 1.82) is 0 Å². The van der Waals surface area contributed by atoms with Crippen LogP contribution in [0.3, 0.4) is 0 Å². The number of aliphatic hydroxyl groups is 1. The number of nitrogens with zero attached hydrogens (tertiary/aromatic N) is 6. The first-order valence-corrected chi connectivity index (χ1v) is 12.2. The molecule has 1 saturated heterocycles. The van der Waals surface area contributed by atoms with Gasteiger partial charge in [0.2, 0.25) is 0 Å². The molecule has 0 bridgehead atoms. The standard InChI is InChI=1S/C23H29ClN6O7/c1-23(2,3)37-22(32)28-10-8-27(9-11-28)21-25-17-12-16(4-5-18(17)36-21)35-14-15(31)6-7-29-13-19(30(33)34)26-20(29)24/h4-5,12-13,15,31H,6-11,14H2,1-3H3. The summed E-state index contributed by atoms with van der Waals surface area (Å²) in [5.41, 5.74) is 0.657. The van der Waals surface area contributed by atoms with Gasteiger partial charge in [-0.15, -0.1) is 0 Å². The Balaban J connectivity index is 1.28. The second-order valence-electron chi connectivity index (χ2n) is 9.65. The lowest BCUT2D eigenvalue weighted by molar-refractivity contribution is -0.389. The fraction of sp³-hybridized carbons (Fsp3) is 0.522. The highest BCUT2D eigenvalue weighted by Crippen LogP contribution is 2.27. The molecule has 0 spiro atoms. The van der Waals surface area contributed by atoms with E-state index in [1.807, 2.05) is 25.7 Å². The van der Waals surface area contributed by atoms with Crippen LogP contribution in [-0.4, -0.2) is 80.0 Å². The van der Waals surface area contributed by atoms with E-state index in [1.54, 1.807) is 23.1 Å². The highest BCUT2D eigenvalue weighted by molar-refractivity contribution is 6.28. The minimum atomic E-state index is -0.831. The maximum atomic E-state index is 12.3. The number of fused-ring (bicyclic) bond motifs is 1. The van der Waals surface area contributed by atoms with Crippen molar-refractivity contribution >= 4 is 40.6 Å². The van der Waals surface area contributed by atoms with Gasteiger partial charge < -0.3 is 38.9 Å². The minimum Gasteiger partial charge on any atom is -0.491 e. The molecule has 1 amide bonds. The summed E-state index contributed by atoms with van der Waals surface area (Å²) in [6, 6.07) is 5.65. The van der Waals surface area contributed by atoms with Gasteiger partial charge in [-0.2, -0.15) is 4.98 Å². The minimum absolute atomic E-state index is 0.0112. The van der Waals surface area contributed by atoms with Crippen molar-refractivity contribution in [3.05, 3.63) is 39.8 Å². The second-order valence-corrected chi connectivity index (χ2v) is 9.99.